The molecule has 0 aliphatic heterocycles. The Hall–Kier alpha value is -4.26. The first kappa shape index (κ1) is 23.5. The average Bonchev–Trinajstić information content (AvgIpc) is 2.80. The highest BCUT2D eigenvalue weighted by Gasteiger charge is 2.41. The Balaban J connectivity index is 1.91. The second-order valence-electron chi connectivity index (χ2n) is 9.72. The molecule has 7 nitrogen and oxygen atoms in total. The summed E-state index contributed by atoms with van der Waals surface area (Å²) in [6.45, 7) is 7.56. The largest absolute Gasteiger partial charge is 0.508 e. The number of ether oxygens (including phenoxy) is 2. The Morgan fingerprint density at radius 3 is 2.19 bits per heavy atom. The molecule has 0 saturated carbocycles. The molecule has 0 amide bonds. The van der Waals surface area contributed by atoms with E-state index in [4.69, 9.17) is 14.5 Å². The molecular weight excluding hydrogens is 458 g/mol. The molecule has 4 aromatic rings. The number of fused-ring (bicyclic) bond motifs is 3. The van der Waals surface area contributed by atoms with Crippen LogP contribution in [0.1, 0.15) is 52.2 Å². The van der Waals surface area contributed by atoms with Crippen LogP contribution in [0, 0.1) is 13.8 Å². The summed E-state index contributed by atoms with van der Waals surface area (Å²) in [6, 6.07) is 9.99. The van der Waals surface area contributed by atoms with Crippen LogP contribution in [0.3, 0.4) is 0 Å². The maximum atomic E-state index is 13.7. The van der Waals surface area contributed by atoms with Gasteiger partial charge in [0.25, 0.3) is 0 Å². The number of phenols is 3. The monoisotopic (exact) mass is 485 g/mol. The van der Waals surface area contributed by atoms with Gasteiger partial charge in [0.15, 0.2) is 0 Å². The van der Waals surface area contributed by atoms with Crippen molar-refractivity contribution in [3.63, 3.8) is 0 Å². The maximum absolute atomic E-state index is 13.7. The van der Waals surface area contributed by atoms with Crippen molar-refractivity contribution in [3.8, 4) is 40.0 Å². The highest BCUT2D eigenvalue weighted by atomic mass is 16.5. The minimum atomic E-state index is -0.786. The van der Waals surface area contributed by atoms with Gasteiger partial charge in [0.1, 0.15) is 28.7 Å². The van der Waals surface area contributed by atoms with Crippen molar-refractivity contribution in [2.45, 2.75) is 33.1 Å². The smallest absolute Gasteiger partial charge is 0.201 e. The van der Waals surface area contributed by atoms with E-state index in [0.717, 1.165) is 17.3 Å². The molecule has 0 fully saturated rings. The van der Waals surface area contributed by atoms with Crippen molar-refractivity contribution in [1.29, 1.82) is 0 Å². The van der Waals surface area contributed by atoms with Crippen LogP contribution in [0.4, 0.5) is 0 Å². The molecule has 1 heterocycles. The number of carbonyl (C=O) groups is 1. The van der Waals surface area contributed by atoms with E-state index in [9.17, 15) is 20.1 Å². The molecule has 1 aliphatic rings. The number of phenolic OH excluding ortho intramolecular Hbond substituents is 3. The predicted molar refractivity (Wildman–Crippen MR) is 137 cm³/mol. The van der Waals surface area contributed by atoms with Gasteiger partial charge in [0.05, 0.1) is 36.4 Å². The number of hydrogen-bond acceptors (Lipinski definition) is 7. The van der Waals surface area contributed by atoms with Crippen LogP contribution in [0.25, 0.3) is 22.0 Å². The van der Waals surface area contributed by atoms with Crippen LogP contribution in [-0.2, 0) is 5.41 Å². The fourth-order valence-corrected chi connectivity index (χ4v) is 5.36. The van der Waals surface area contributed by atoms with Gasteiger partial charge < -0.3 is 24.8 Å². The average molecular weight is 486 g/mol. The summed E-state index contributed by atoms with van der Waals surface area (Å²) in [5.74, 6) is -0.0415. The predicted octanol–water partition coefficient (Wildman–Crippen LogP) is 5.52. The van der Waals surface area contributed by atoms with E-state index < -0.39 is 11.2 Å². The highest BCUT2D eigenvalue weighted by Crippen LogP contribution is 2.51. The van der Waals surface area contributed by atoms with Crippen molar-refractivity contribution >= 4 is 16.6 Å². The molecule has 7 heteroatoms. The molecule has 0 atom stereocenters. The molecular formula is C29H27NO6. The normalized spacial score (nSPS) is 13.9. The zero-order chi connectivity index (χ0) is 26.1. The SMILES string of the molecule is COc1cc(C)c(-c2nc(C)cc3cc4c(c(O)c23)C(=O)c2c(O)cc(O)cc2C4(C)C)c(OC)c1. The summed E-state index contributed by atoms with van der Waals surface area (Å²) in [5.41, 5.74) is 3.20. The lowest BCUT2D eigenvalue weighted by molar-refractivity contribution is 0.102. The number of nitrogens with zero attached hydrogens (tertiary/aromatic N) is 1. The fraction of sp³-hybridized carbons (Fsp3) is 0.241. The standard InChI is InChI=1S/C29H27NO6/c1-13-7-17(35-5)12-21(36-6)22(13)26-23-15(8-14(2)30-26)9-18-25(27(23)33)28(34)24-19(29(18,3)4)10-16(31)11-20(24)32/h7-12,31-33H,1-6H3. The van der Waals surface area contributed by atoms with E-state index in [1.165, 1.54) is 6.07 Å². The quantitative estimate of drug-likeness (QED) is 0.350. The van der Waals surface area contributed by atoms with Crippen molar-refractivity contribution in [2.75, 3.05) is 14.2 Å². The summed E-state index contributed by atoms with van der Waals surface area (Å²) in [6.07, 6.45) is 0. The molecule has 0 bridgehead atoms. The minimum Gasteiger partial charge on any atom is -0.508 e. The summed E-state index contributed by atoms with van der Waals surface area (Å²) in [4.78, 5) is 18.5. The van der Waals surface area contributed by atoms with Crippen LogP contribution >= 0.6 is 0 Å². The van der Waals surface area contributed by atoms with Crippen LogP contribution < -0.4 is 9.47 Å². The summed E-state index contributed by atoms with van der Waals surface area (Å²) in [7, 11) is 3.13. The van der Waals surface area contributed by atoms with Gasteiger partial charge in [-0.25, -0.2) is 0 Å². The molecule has 0 spiro atoms. The number of ketones is 1. The maximum Gasteiger partial charge on any atom is 0.201 e. The topological polar surface area (TPSA) is 109 Å². The lowest BCUT2D eigenvalue weighted by Gasteiger charge is -2.35. The van der Waals surface area contributed by atoms with Gasteiger partial charge in [-0.05, 0) is 60.2 Å². The number of rotatable bonds is 3. The summed E-state index contributed by atoms with van der Waals surface area (Å²) >= 11 is 0. The van der Waals surface area contributed by atoms with E-state index in [1.807, 2.05) is 45.9 Å². The third kappa shape index (κ3) is 3.19. The second kappa shape index (κ2) is 7.88. The van der Waals surface area contributed by atoms with Crippen LogP contribution in [-0.4, -0.2) is 40.3 Å². The molecule has 3 N–H and O–H groups in total. The Morgan fingerprint density at radius 2 is 1.53 bits per heavy atom. The van der Waals surface area contributed by atoms with Crippen molar-refractivity contribution in [2.24, 2.45) is 0 Å². The molecule has 5 rings (SSSR count). The van der Waals surface area contributed by atoms with E-state index in [1.54, 1.807) is 20.3 Å². The third-order valence-electron chi connectivity index (χ3n) is 7.09. The van der Waals surface area contributed by atoms with Crippen LogP contribution in [0.2, 0.25) is 0 Å². The third-order valence-corrected chi connectivity index (χ3v) is 7.09. The van der Waals surface area contributed by atoms with Gasteiger partial charge in [0.2, 0.25) is 5.78 Å². The Morgan fingerprint density at radius 1 is 0.833 bits per heavy atom. The molecule has 0 radical (unpaired) electrons. The minimum absolute atomic E-state index is 0.0692. The summed E-state index contributed by atoms with van der Waals surface area (Å²) in [5, 5.41) is 33.5. The molecule has 184 valence electrons. The molecule has 1 aliphatic carbocycles. The number of hydrogen-bond donors (Lipinski definition) is 3. The van der Waals surface area contributed by atoms with Crippen molar-refractivity contribution in [3.05, 3.63) is 69.9 Å². The molecule has 0 unspecified atom stereocenters. The van der Waals surface area contributed by atoms with Crippen molar-refractivity contribution in [1.82, 2.24) is 4.98 Å². The zero-order valence-corrected chi connectivity index (χ0v) is 21.0. The van der Waals surface area contributed by atoms with Gasteiger partial charge in [-0.1, -0.05) is 13.8 Å². The van der Waals surface area contributed by atoms with Gasteiger partial charge in [-0.3, -0.25) is 9.78 Å². The highest BCUT2D eigenvalue weighted by molar-refractivity contribution is 6.20. The first-order chi connectivity index (χ1) is 17.0. The zero-order valence-electron chi connectivity index (χ0n) is 21.0. The molecule has 0 saturated heterocycles. The number of aromatic nitrogens is 1. The number of carbonyl (C=O) groups excluding carboxylic acids is 1. The summed E-state index contributed by atoms with van der Waals surface area (Å²) < 4.78 is 11.1. The Kier molecular flexibility index (Phi) is 5.14. The number of aryl methyl sites for hydroxylation is 2. The van der Waals surface area contributed by atoms with E-state index >= 15 is 0 Å². The Labute approximate surface area is 208 Å². The van der Waals surface area contributed by atoms with E-state index in [-0.39, 0.29) is 28.4 Å². The van der Waals surface area contributed by atoms with E-state index in [2.05, 4.69) is 0 Å². The number of benzene rings is 3. The lowest BCUT2D eigenvalue weighted by atomic mass is 9.67. The number of methoxy groups -OCH3 is 2. The van der Waals surface area contributed by atoms with Crippen molar-refractivity contribution < 1.29 is 29.6 Å². The van der Waals surface area contributed by atoms with Crippen LogP contribution in [0.5, 0.6) is 28.7 Å². The molecule has 36 heavy (non-hydrogen) atoms. The molecule has 1 aromatic heterocycles. The first-order valence-electron chi connectivity index (χ1n) is 11.5. The molecule has 3 aromatic carbocycles. The second-order valence-corrected chi connectivity index (χ2v) is 9.72. The van der Waals surface area contributed by atoms with Gasteiger partial charge >= 0.3 is 0 Å². The van der Waals surface area contributed by atoms with E-state index in [0.29, 0.717) is 44.7 Å². The van der Waals surface area contributed by atoms with Gasteiger partial charge in [0, 0.05) is 28.8 Å². The Bertz CT molecular complexity index is 1600. The number of aromatic hydroxyl groups is 3. The number of pyridine rings is 1. The fourth-order valence-electron chi connectivity index (χ4n) is 5.36. The van der Waals surface area contributed by atoms with Crippen LogP contribution in [0.15, 0.2) is 36.4 Å². The van der Waals surface area contributed by atoms with Gasteiger partial charge in [-0.2, -0.15) is 0 Å². The lowest BCUT2D eigenvalue weighted by Crippen LogP contribution is -2.30. The first-order valence-corrected chi connectivity index (χ1v) is 11.5. The van der Waals surface area contributed by atoms with Gasteiger partial charge in [-0.15, -0.1) is 0 Å².